The molecule has 0 bridgehead atoms. The zero-order chi connectivity index (χ0) is 29.8. The van der Waals surface area contributed by atoms with Crippen LogP contribution in [-0.4, -0.2) is 59.8 Å². The molecule has 3 heterocycles. The number of piperidine rings is 1. The Balaban J connectivity index is 1.50. The first-order chi connectivity index (χ1) is 19.4. The lowest BCUT2D eigenvalue weighted by Gasteiger charge is -2.29. The number of imide groups is 1. The van der Waals surface area contributed by atoms with Crippen molar-refractivity contribution in [2.75, 3.05) is 31.6 Å². The molecular formula is C25H27FN4O4. The first-order valence-corrected chi connectivity index (χ1v) is 11.0. The number of rotatable bonds is 6. The Morgan fingerprint density at radius 1 is 1.21 bits per heavy atom. The molecule has 2 fully saturated rings. The number of nitrogens with zero attached hydrogens (tertiary/aromatic N) is 2. The fraction of sp³-hybridized carbons (Fsp3) is 0.400. The molecule has 0 aromatic heterocycles. The fourth-order valence-corrected chi connectivity index (χ4v) is 4.21. The summed E-state index contributed by atoms with van der Waals surface area (Å²) in [7, 11) is 0. The molecule has 2 saturated heterocycles. The maximum Gasteiger partial charge on any atom is 0.255 e. The lowest BCUT2D eigenvalue weighted by Crippen LogP contribution is -2.52. The summed E-state index contributed by atoms with van der Waals surface area (Å²) in [6, 6.07) is -5.18. The van der Waals surface area contributed by atoms with Gasteiger partial charge in [-0.3, -0.25) is 24.6 Å². The average molecular weight is 474 g/mol. The number of hydrogen-bond donors (Lipinski definition) is 2. The van der Waals surface area contributed by atoms with Gasteiger partial charge in [0.25, 0.3) is 5.91 Å². The van der Waals surface area contributed by atoms with E-state index in [4.69, 9.17) is 14.3 Å². The van der Waals surface area contributed by atoms with Crippen molar-refractivity contribution >= 4 is 23.4 Å². The largest absolute Gasteiger partial charge is 0.381 e. The second kappa shape index (κ2) is 9.52. The Hall–Kier alpha value is -3.30. The molecule has 0 saturated carbocycles. The van der Waals surface area contributed by atoms with Crippen molar-refractivity contribution in [2.45, 2.75) is 38.5 Å². The summed E-state index contributed by atoms with van der Waals surface area (Å²) >= 11 is 0. The summed E-state index contributed by atoms with van der Waals surface area (Å²) < 4.78 is 79.2. The standard InChI is InChI=1S/C25H27FN4O4/c26-20-5-4-16(14-29-8-10-34-11-9-29)12-17(20)13-27-21-3-1-2-18-19(21)15-30(25(18)33)22-6-7-23(31)28-24(22)32/h1-5,12,22,27H,6-11,13-15H2,(H,28,31,32)/i1D,2D,3D,4D,5D,12D,22D. The number of carbonyl (C=O) groups is 3. The Morgan fingerprint density at radius 3 is 2.82 bits per heavy atom. The van der Waals surface area contributed by atoms with Crippen LogP contribution in [0.3, 0.4) is 0 Å². The molecule has 5 rings (SSSR count). The average Bonchev–Trinajstić information content (AvgIpc) is 3.30. The van der Waals surface area contributed by atoms with Crippen LogP contribution in [0.15, 0.2) is 36.3 Å². The second-order valence-electron chi connectivity index (χ2n) is 8.21. The van der Waals surface area contributed by atoms with Gasteiger partial charge in [0.15, 0.2) is 0 Å². The number of morpholine rings is 1. The van der Waals surface area contributed by atoms with E-state index in [0.717, 1.165) is 4.90 Å². The number of benzene rings is 2. The van der Waals surface area contributed by atoms with E-state index in [-0.39, 0.29) is 59.9 Å². The van der Waals surface area contributed by atoms with Crippen LogP contribution in [0, 0.1) is 5.82 Å². The van der Waals surface area contributed by atoms with E-state index < -0.39 is 66.3 Å². The number of fused-ring (bicyclic) bond motifs is 1. The molecule has 0 radical (unpaired) electrons. The highest BCUT2D eigenvalue weighted by molar-refractivity contribution is 6.06. The molecule has 0 spiro atoms. The highest BCUT2D eigenvalue weighted by Gasteiger charge is 2.39. The summed E-state index contributed by atoms with van der Waals surface area (Å²) in [5.41, 5.74) is -0.424. The van der Waals surface area contributed by atoms with Crippen LogP contribution in [0.5, 0.6) is 0 Å². The summed E-state index contributed by atoms with van der Waals surface area (Å²) in [5.74, 6) is -3.55. The zero-order valence-electron chi connectivity index (χ0n) is 25.3. The van der Waals surface area contributed by atoms with Gasteiger partial charge >= 0.3 is 0 Å². The predicted molar refractivity (Wildman–Crippen MR) is 122 cm³/mol. The fourth-order valence-electron chi connectivity index (χ4n) is 4.21. The molecule has 3 amide bonds. The number of anilines is 1. The highest BCUT2D eigenvalue weighted by atomic mass is 19.1. The number of nitrogens with one attached hydrogen (secondary N) is 2. The second-order valence-corrected chi connectivity index (χ2v) is 8.21. The summed E-state index contributed by atoms with van der Waals surface area (Å²) in [5, 5.41) is 4.86. The summed E-state index contributed by atoms with van der Waals surface area (Å²) in [4.78, 5) is 40.4. The van der Waals surface area contributed by atoms with Crippen LogP contribution in [0.1, 0.15) is 49.5 Å². The van der Waals surface area contributed by atoms with Gasteiger partial charge in [0.2, 0.25) is 11.8 Å². The molecular weight excluding hydrogens is 439 g/mol. The minimum absolute atomic E-state index is 0.0565. The third kappa shape index (κ3) is 4.53. The molecule has 178 valence electrons. The lowest BCUT2D eigenvalue weighted by atomic mass is 10.0. The van der Waals surface area contributed by atoms with Gasteiger partial charge in [-0.15, -0.1) is 0 Å². The first kappa shape index (κ1) is 15.6. The Labute approximate surface area is 206 Å². The Bertz CT molecular complexity index is 1490. The van der Waals surface area contributed by atoms with E-state index >= 15 is 4.39 Å². The van der Waals surface area contributed by atoms with E-state index in [2.05, 4.69) is 5.32 Å². The minimum Gasteiger partial charge on any atom is -0.381 e. The molecule has 9 heteroatoms. The van der Waals surface area contributed by atoms with Gasteiger partial charge in [-0.25, -0.2) is 4.39 Å². The van der Waals surface area contributed by atoms with Gasteiger partial charge in [-0.1, -0.05) is 12.1 Å². The maximum atomic E-state index is 15.2. The number of amides is 3. The van der Waals surface area contributed by atoms with Gasteiger partial charge in [0.05, 0.1) is 22.8 Å². The Kier molecular flexibility index (Phi) is 4.36. The molecule has 34 heavy (non-hydrogen) atoms. The van der Waals surface area contributed by atoms with Crippen molar-refractivity contribution in [3.05, 3.63) is 64.3 Å². The SMILES string of the molecule is [2H]c1c([2H])c(NCc2c([2H])c(CN3CCOCC3)c([2H])c([2H])c2F)c2c(c1[2H])C(=O)N(C1([2H])CCC(=O)NC1=O)C2. The monoisotopic (exact) mass is 473 g/mol. The van der Waals surface area contributed by atoms with E-state index in [0.29, 0.717) is 26.3 Å². The van der Waals surface area contributed by atoms with Crippen LogP contribution in [0.2, 0.25) is 0 Å². The molecule has 1 unspecified atom stereocenters. The Morgan fingerprint density at radius 2 is 2.03 bits per heavy atom. The van der Waals surface area contributed by atoms with Crippen LogP contribution >= 0.6 is 0 Å². The van der Waals surface area contributed by atoms with Crippen molar-refractivity contribution in [1.29, 1.82) is 0 Å². The zero-order valence-corrected chi connectivity index (χ0v) is 18.3. The number of hydrogen-bond acceptors (Lipinski definition) is 6. The first-order valence-electron chi connectivity index (χ1n) is 14.5. The third-order valence-electron chi connectivity index (χ3n) is 6.00. The lowest BCUT2D eigenvalue weighted by molar-refractivity contribution is -0.136. The van der Waals surface area contributed by atoms with Gasteiger partial charge < -0.3 is 15.0 Å². The van der Waals surface area contributed by atoms with Crippen LogP contribution < -0.4 is 10.6 Å². The minimum atomic E-state index is -2.16. The third-order valence-corrected chi connectivity index (χ3v) is 6.00. The van der Waals surface area contributed by atoms with E-state index in [9.17, 15) is 14.4 Å². The van der Waals surface area contributed by atoms with Crippen molar-refractivity contribution < 1.29 is 33.1 Å². The van der Waals surface area contributed by atoms with Crippen molar-refractivity contribution in [3.8, 4) is 0 Å². The van der Waals surface area contributed by atoms with E-state index in [1.807, 2.05) is 10.2 Å². The summed E-state index contributed by atoms with van der Waals surface area (Å²) in [6.07, 6.45) is -0.457. The van der Waals surface area contributed by atoms with Crippen molar-refractivity contribution in [1.82, 2.24) is 15.1 Å². The highest BCUT2D eigenvalue weighted by Crippen LogP contribution is 2.32. The summed E-state index contributed by atoms with van der Waals surface area (Å²) in [6.45, 7) is 1.36. The smallest absolute Gasteiger partial charge is 0.255 e. The predicted octanol–water partition coefficient (Wildman–Crippen LogP) is 2.03. The molecule has 8 nitrogen and oxygen atoms in total. The van der Waals surface area contributed by atoms with Gasteiger partial charge in [0, 0.05) is 61.5 Å². The van der Waals surface area contributed by atoms with Gasteiger partial charge in [0.1, 0.15) is 11.8 Å². The normalized spacial score (nSPS) is 26.0. The maximum absolute atomic E-state index is 15.2. The van der Waals surface area contributed by atoms with E-state index in [1.54, 1.807) is 0 Å². The van der Waals surface area contributed by atoms with Crippen molar-refractivity contribution in [3.63, 3.8) is 0 Å². The van der Waals surface area contributed by atoms with E-state index in [1.165, 1.54) is 0 Å². The molecule has 2 aromatic rings. The van der Waals surface area contributed by atoms with Crippen molar-refractivity contribution in [2.24, 2.45) is 0 Å². The van der Waals surface area contributed by atoms with Crippen LogP contribution in [0.4, 0.5) is 10.1 Å². The topological polar surface area (TPSA) is 91.0 Å². The number of carbonyl (C=O) groups excluding carboxylic acids is 3. The molecule has 2 aromatic carbocycles. The quantitative estimate of drug-likeness (QED) is 0.624. The number of ether oxygens (including phenoxy) is 1. The van der Waals surface area contributed by atoms with Crippen LogP contribution in [-0.2, 0) is 34.0 Å². The van der Waals surface area contributed by atoms with Crippen LogP contribution in [0.25, 0.3) is 0 Å². The molecule has 1 atom stereocenters. The molecule has 3 aliphatic heterocycles. The molecule has 2 N–H and O–H groups in total. The molecule has 3 aliphatic rings. The van der Waals surface area contributed by atoms with Gasteiger partial charge in [-0.2, -0.15) is 0 Å². The van der Waals surface area contributed by atoms with Gasteiger partial charge in [-0.05, 0) is 36.2 Å². The number of halogens is 1. The molecule has 0 aliphatic carbocycles.